The summed E-state index contributed by atoms with van der Waals surface area (Å²) in [6.45, 7) is 6.85. The van der Waals surface area contributed by atoms with Crippen LogP contribution in [-0.4, -0.2) is 19.1 Å². The number of benzene rings is 2. The molecule has 122 valence electrons. The number of amides is 1. The fraction of sp³-hybridized carbons (Fsp3) is 0.316. The second-order valence-electron chi connectivity index (χ2n) is 5.75. The van der Waals surface area contributed by atoms with E-state index >= 15 is 0 Å². The molecule has 0 aliphatic carbocycles. The summed E-state index contributed by atoms with van der Waals surface area (Å²) < 4.78 is 5.76. The number of carbonyl (C=O) groups excluding carboxylic acids is 1. The minimum atomic E-state index is -0.657. The summed E-state index contributed by atoms with van der Waals surface area (Å²) >= 11 is 0. The minimum absolute atomic E-state index is 0.195. The van der Waals surface area contributed by atoms with Crippen molar-refractivity contribution < 1.29 is 9.53 Å². The molecule has 2 aromatic carbocycles. The number of nitrogens with one attached hydrogen (secondary N) is 1. The second-order valence-corrected chi connectivity index (χ2v) is 5.75. The number of rotatable bonds is 6. The molecule has 23 heavy (non-hydrogen) atoms. The maximum atomic E-state index is 12.1. The van der Waals surface area contributed by atoms with Crippen LogP contribution in [0.5, 0.6) is 5.75 Å². The van der Waals surface area contributed by atoms with E-state index in [1.54, 1.807) is 0 Å². The van der Waals surface area contributed by atoms with Gasteiger partial charge in [0.1, 0.15) is 18.4 Å². The highest BCUT2D eigenvalue weighted by atomic mass is 16.5. The molecule has 0 heterocycles. The Kier molecular flexibility index (Phi) is 5.77. The van der Waals surface area contributed by atoms with Crippen molar-refractivity contribution in [2.45, 2.75) is 26.8 Å². The van der Waals surface area contributed by atoms with E-state index in [2.05, 4.69) is 5.32 Å². The van der Waals surface area contributed by atoms with Crippen LogP contribution in [0.15, 0.2) is 42.5 Å². The van der Waals surface area contributed by atoms with Gasteiger partial charge in [0.25, 0.3) is 0 Å². The molecule has 0 aromatic heterocycles. The van der Waals surface area contributed by atoms with Crippen molar-refractivity contribution in [1.29, 1.82) is 0 Å². The van der Waals surface area contributed by atoms with Gasteiger partial charge in [-0.2, -0.15) is 0 Å². The molecular formula is C19H24N2O2. The number of nitrogens with two attached hydrogens (primary N) is 1. The Labute approximate surface area is 137 Å². The molecule has 0 bridgehead atoms. The molecule has 0 spiro atoms. The summed E-state index contributed by atoms with van der Waals surface area (Å²) in [5, 5.41) is 2.82. The molecule has 2 rings (SSSR count). The van der Waals surface area contributed by atoms with Crippen molar-refractivity contribution in [2.24, 2.45) is 5.73 Å². The Morgan fingerprint density at radius 2 is 1.70 bits per heavy atom. The van der Waals surface area contributed by atoms with Gasteiger partial charge in [-0.3, -0.25) is 4.79 Å². The third kappa shape index (κ3) is 4.57. The molecule has 4 heteroatoms. The van der Waals surface area contributed by atoms with E-state index in [0.717, 1.165) is 28.0 Å². The molecule has 0 fully saturated rings. The zero-order valence-electron chi connectivity index (χ0n) is 13.9. The largest absolute Gasteiger partial charge is 0.491 e. The molecule has 1 atom stereocenters. The molecule has 0 saturated heterocycles. The van der Waals surface area contributed by atoms with Crippen molar-refractivity contribution in [1.82, 2.24) is 5.32 Å². The van der Waals surface area contributed by atoms with Crippen molar-refractivity contribution in [2.75, 3.05) is 13.2 Å². The predicted octanol–water partition coefficient (Wildman–Crippen LogP) is 2.81. The van der Waals surface area contributed by atoms with Crippen molar-refractivity contribution in [3.8, 4) is 5.75 Å². The number of hydrogen-bond donors (Lipinski definition) is 2. The van der Waals surface area contributed by atoms with Crippen LogP contribution < -0.4 is 15.8 Å². The molecule has 0 radical (unpaired) electrons. The average Bonchev–Trinajstić information content (AvgIpc) is 2.53. The van der Waals surface area contributed by atoms with Gasteiger partial charge < -0.3 is 15.8 Å². The Balaban J connectivity index is 1.82. The second kappa shape index (κ2) is 7.79. The molecule has 0 aliphatic rings. The molecule has 0 saturated carbocycles. The van der Waals surface area contributed by atoms with Crippen molar-refractivity contribution in [3.63, 3.8) is 0 Å². The van der Waals surface area contributed by atoms with Crippen LogP contribution >= 0.6 is 0 Å². The van der Waals surface area contributed by atoms with E-state index in [1.807, 2.05) is 63.2 Å². The zero-order chi connectivity index (χ0) is 16.8. The lowest BCUT2D eigenvalue weighted by molar-refractivity contribution is -0.122. The van der Waals surface area contributed by atoms with E-state index in [4.69, 9.17) is 10.5 Å². The van der Waals surface area contributed by atoms with Gasteiger partial charge in [0.05, 0.1) is 6.54 Å². The van der Waals surface area contributed by atoms with E-state index in [9.17, 15) is 4.79 Å². The third-order valence-electron chi connectivity index (χ3n) is 3.78. The smallest absolute Gasteiger partial charge is 0.241 e. The SMILES string of the molecule is Cc1ccc(C(N)C(=O)NCCOc2c(C)cccc2C)cc1. The van der Waals surface area contributed by atoms with Crippen LogP contribution in [0.2, 0.25) is 0 Å². The van der Waals surface area contributed by atoms with Gasteiger partial charge in [0.15, 0.2) is 0 Å². The number of aryl methyl sites for hydroxylation is 3. The minimum Gasteiger partial charge on any atom is -0.491 e. The molecule has 2 aromatic rings. The Bertz CT molecular complexity index is 645. The van der Waals surface area contributed by atoms with Crippen LogP contribution in [0, 0.1) is 20.8 Å². The van der Waals surface area contributed by atoms with Gasteiger partial charge in [-0.05, 0) is 37.5 Å². The van der Waals surface area contributed by atoms with Gasteiger partial charge in [-0.1, -0.05) is 48.0 Å². The first-order chi connectivity index (χ1) is 11.0. The standard InChI is InChI=1S/C19H24N2O2/c1-13-7-9-16(10-8-13)17(20)19(22)21-11-12-23-18-14(2)5-4-6-15(18)3/h4-10,17H,11-12,20H2,1-3H3,(H,21,22). The number of para-hydroxylation sites is 1. The molecule has 1 unspecified atom stereocenters. The summed E-state index contributed by atoms with van der Waals surface area (Å²) in [5.41, 5.74) is 10.1. The maximum absolute atomic E-state index is 12.1. The highest BCUT2D eigenvalue weighted by molar-refractivity contribution is 5.82. The predicted molar refractivity (Wildman–Crippen MR) is 92.5 cm³/mol. The average molecular weight is 312 g/mol. The van der Waals surface area contributed by atoms with Gasteiger partial charge in [-0.15, -0.1) is 0 Å². The van der Waals surface area contributed by atoms with Gasteiger partial charge in [0.2, 0.25) is 5.91 Å². The lowest BCUT2D eigenvalue weighted by atomic mass is 10.1. The van der Waals surface area contributed by atoms with E-state index < -0.39 is 6.04 Å². The summed E-state index contributed by atoms with van der Waals surface area (Å²) in [7, 11) is 0. The monoisotopic (exact) mass is 312 g/mol. The highest BCUT2D eigenvalue weighted by Gasteiger charge is 2.15. The topological polar surface area (TPSA) is 64.4 Å². The van der Waals surface area contributed by atoms with Gasteiger partial charge >= 0.3 is 0 Å². The van der Waals surface area contributed by atoms with Crippen LogP contribution in [0.25, 0.3) is 0 Å². The highest BCUT2D eigenvalue weighted by Crippen LogP contribution is 2.21. The van der Waals surface area contributed by atoms with Gasteiger partial charge in [0, 0.05) is 0 Å². The Hall–Kier alpha value is -2.33. The zero-order valence-corrected chi connectivity index (χ0v) is 13.9. The van der Waals surface area contributed by atoms with Crippen molar-refractivity contribution >= 4 is 5.91 Å². The molecule has 3 N–H and O–H groups in total. The van der Waals surface area contributed by atoms with E-state index in [1.165, 1.54) is 0 Å². The number of carbonyl (C=O) groups is 1. The lowest BCUT2D eigenvalue weighted by Crippen LogP contribution is -2.36. The Morgan fingerprint density at radius 3 is 2.30 bits per heavy atom. The quantitative estimate of drug-likeness (QED) is 0.806. The van der Waals surface area contributed by atoms with Crippen LogP contribution in [0.3, 0.4) is 0 Å². The molecule has 1 amide bonds. The summed E-state index contributed by atoms with van der Waals surface area (Å²) in [6, 6.07) is 13.0. The third-order valence-corrected chi connectivity index (χ3v) is 3.78. The molecule has 4 nitrogen and oxygen atoms in total. The molecular weight excluding hydrogens is 288 g/mol. The van der Waals surface area contributed by atoms with Crippen molar-refractivity contribution in [3.05, 3.63) is 64.7 Å². The van der Waals surface area contributed by atoms with E-state index in [0.29, 0.717) is 13.2 Å². The summed E-state index contributed by atoms with van der Waals surface area (Å²) in [4.78, 5) is 12.1. The maximum Gasteiger partial charge on any atom is 0.241 e. The first kappa shape index (κ1) is 17.0. The summed E-state index contributed by atoms with van der Waals surface area (Å²) in [5.74, 6) is 0.684. The fourth-order valence-electron chi connectivity index (χ4n) is 2.39. The first-order valence-electron chi connectivity index (χ1n) is 7.78. The Morgan fingerprint density at radius 1 is 1.09 bits per heavy atom. The van der Waals surface area contributed by atoms with Crippen LogP contribution in [0.4, 0.5) is 0 Å². The number of ether oxygens (including phenoxy) is 1. The van der Waals surface area contributed by atoms with Crippen LogP contribution in [0.1, 0.15) is 28.3 Å². The van der Waals surface area contributed by atoms with E-state index in [-0.39, 0.29) is 5.91 Å². The first-order valence-corrected chi connectivity index (χ1v) is 7.78. The summed E-state index contributed by atoms with van der Waals surface area (Å²) in [6.07, 6.45) is 0. The normalized spacial score (nSPS) is 11.8. The van der Waals surface area contributed by atoms with Gasteiger partial charge in [-0.25, -0.2) is 0 Å². The molecule has 0 aliphatic heterocycles. The number of hydrogen-bond acceptors (Lipinski definition) is 3. The lowest BCUT2D eigenvalue weighted by Gasteiger charge is -2.15. The fourth-order valence-corrected chi connectivity index (χ4v) is 2.39. The van der Waals surface area contributed by atoms with Crippen LogP contribution in [-0.2, 0) is 4.79 Å².